The summed E-state index contributed by atoms with van der Waals surface area (Å²) in [4.78, 5) is 0. The molecule has 0 radical (unpaired) electrons. The Labute approximate surface area is 99.7 Å². The van der Waals surface area contributed by atoms with E-state index in [1.807, 2.05) is 0 Å². The van der Waals surface area contributed by atoms with Crippen molar-refractivity contribution < 1.29 is 17.0 Å². The van der Waals surface area contributed by atoms with Gasteiger partial charge in [0.2, 0.25) is 6.33 Å². The molecular weight excluding hydrogens is 208 g/mol. The van der Waals surface area contributed by atoms with Gasteiger partial charge in [0.15, 0.2) is 0 Å². The van der Waals surface area contributed by atoms with Crippen LogP contribution in [0.4, 0.5) is 0 Å². The number of imidazole rings is 1. The number of nitrogens with zero attached hydrogens (tertiary/aromatic N) is 2. The molecular formula is C12H23ClN2. The zero-order chi connectivity index (χ0) is 10.4. The van der Waals surface area contributed by atoms with Crippen molar-refractivity contribution >= 4 is 0 Å². The number of halogens is 1. The van der Waals surface area contributed by atoms with Gasteiger partial charge in [0.25, 0.3) is 0 Å². The van der Waals surface area contributed by atoms with Crippen LogP contribution in [0.15, 0.2) is 18.7 Å². The summed E-state index contributed by atoms with van der Waals surface area (Å²) < 4.78 is 4.35. The van der Waals surface area contributed by atoms with Crippen molar-refractivity contribution in [3.63, 3.8) is 0 Å². The highest BCUT2D eigenvalue weighted by Crippen LogP contribution is 2.08. The predicted octanol–water partition coefficient (Wildman–Crippen LogP) is -0.467. The van der Waals surface area contributed by atoms with E-state index in [9.17, 15) is 0 Å². The van der Waals surface area contributed by atoms with E-state index in [1.54, 1.807) is 0 Å². The fourth-order valence-corrected chi connectivity index (χ4v) is 1.66. The Morgan fingerprint density at radius 2 is 1.93 bits per heavy atom. The van der Waals surface area contributed by atoms with Crippen molar-refractivity contribution in [2.75, 3.05) is 0 Å². The third-order valence-corrected chi connectivity index (χ3v) is 2.52. The largest absolute Gasteiger partial charge is 1.00 e. The number of aryl methyl sites for hydroxylation is 2. The third kappa shape index (κ3) is 6.56. The second-order valence-electron chi connectivity index (χ2n) is 4.56. The minimum atomic E-state index is 0. The molecule has 0 bridgehead atoms. The molecule has 2 nitrogen and oxygen atoms in total. The second-order valence-corrected chi connectivity index (χ2v) is 4.56. The molecule has 0 fully saturated rings. The molecule has 0 N–H and O–H groups in total. The Hall–Kier alpha value is -0.500. The van der Waals surface area contributed by atoms with Crippen molar-refractivity contribution in [3.05, 3.63) is 18.7 Å². The summed E-state index contributed by atoms with van der Waals surface area (Å²) >= 11 is 0. The first kappa shape index (κ1) is 14.5. The summed E-state index contributed by atoms with van der Waals surface area (Å²) in [5.74, 6) is 0.861. The van der Waals surface area contributed by atoms with Gasteiger partial charge >= 0.3 is 0 Å². The van der Waals surface area contributed by atoms with Crippen molar-refractivity contribution in [1.29, 1.82) is 0 Å². The van der Waals surface area contributed by atoms with Crippen molar-refractivity contribution in [3.8, 4) is 0 Å². The molecule has 1 heterocycles. The lowest BCUT2D eigenvalue weighted by molar-refractivity contribution is -0.671. The molecule has 1 aromatic rings. The molecule has 1 rings (SSSR count). The number of aromatic nitrogens is 2. The van der Waals surface area contributed by atoms with Crippen LogP contribution in [0.3, 0.4) is 0 Å². The highest BCUT2D eigenvalue weighted by Gasteiger charge is 1.99. The molecule has 0 atom stereocenters. The van der Waals surface area contributed by atoms with E-state index in [1.165, 1.54) is 32.2 Å². The van der Waals surface area contributed by atoms with Gasteiger partial charge in [-0.1, -0.05) is 26.7 Å². The molecule has 0 saturated heterocycles. The second kappa shape index (κ2) is 7.75. The Bertz CT molecular complexity index is 256. The van der Waals surface area contributed by atoms with Gasteiger partial charge in [0.05, 0.1) is 13.6 Å². The Balaban J connectivity index is 0.00000196. The number of hydrogen-bond donors (Lipinski definition) is 0. The fraction of sp³-hybridized carbons (Fsp3) is 0.750. The summed E-state index contributed by atoms with van der Waals surface area (Å²) in [6.45, 7) is 5.76. The Kier molecular flexibility index (Phi) is 7.49. The van der Waals surface area contributed by atoms with Crippen LogP contribution in [0.1, 0.15) is 39.5 Å². The summed E-state index contributed by atoms with van der Waals surface area (Å²) in [5, 5.41) is 0. The van der Waals surface area contributed by atoms with Crippen LogP contribution in [0.25, 0.3) is 0 Å². The first-order valence-electron chi connectivity index (χ1n) is 5.69. The zero-order valence-electron chi connectivity index (χ0n) is 10.1. The minimum Gasteiger partial charge on any atom is -1.00 e. The van der Waals surface area contributed by atoms with Gasteiger partial charge in [-0.3, -0.25) is 0 Å². The summed E-state index contributed by atoms with van der Waals surface area (Å²) in [5.41, 5.74) is 0. The van der Waals surface area contributed by atoms with E-state index >= 15 is 0 Å². The van der Waals surface area contributed by atoms with Crippen LogP contribution in [-0.4, -0.2) is 4.57 Å². The molecule has 0 aliphatic carbocycles. The third-order valence-electron chi connectivity index (χ3n) is 2.52. The van der Waals surface area contributed by atoms with Gasteiger partial charge in [0, 0.05) is 0 Å². The molecule has 3 heteroatoms. The molecule has 0 aliphatic rings. The monoisotopic (exact) mass is 230 g/mol. The van der Waals surface area contributed by atoms with Gasteiger partial charge in [-0.05, 0) is 18.8 Å². The van der Waals surface area contributed by atoms with E-state index < -0.39 is 0 Å². The lowest BCUT2D eigenvalue weighted by Crippen LogP contribution is -3.00. The van der Waals surface area contributed by atoms with Crippen LogP contribution in [0, 0.1) is 5.92 Å². The van der Waals surface area contributed by atoms with Crippen LogP contribution < -0.4 is 17.0 Å². The molecule has 0 saturated carbocycles. The Morgan fingerprint density at radius 3 is 2.47 bits per heavy atom. The summed E-state index contributed by atoms with van der Waals surface area (Å²) in [6.07, 6.45) is 11.8. The van der Waals surface area contributed by atoms with Gasteiger partial charge < -0.3 is 12.4 Å². The predicted molar refractivity (Wildman–Crippen MR) is 58.9 cm³/mol. The maximum Gasteiger partial charge on any atom is 0.243 e. The molecule has 0 aliphatic heterocycles. The van der Waals surface area contributed by atoms with Gasteiger partial charge in [-0.15, -0.1) is 0 Å². The zero-order valence-corrected chi connectivity index (χ0v) is 10.9. The molecule has 0 aromatic carbocycles. The lowest BCUT2D eigenvalue weighted by atomic mass is 10.1. The maximum absolute atomic E-state index is 2.30. The van der Waals surface area contributed by atoms with E-state index in [2.05, 4.69) is 48.8 Å². The number of rotatable bonds is 6. The minimum absolute atomic E-state index is 0. The molecule has 1 aromatic heterocycles. The van der Waals surface area contributed by atoms with Crippen molar-refractivity contribution in [2.24, 2.45) is 13.0 Å². The molecule has 0 amide bonds. The van der Waals surface area contributed by atoms with Crippen LogP contribution in [0.2, 0.25) is 0 Å². The SMILES string of the molecule is CC(C)CCCCCn1cc[n+](C)c1.[Cl-]. The van der Waals surface area contributed by atoms with Crippen molar-refractivity contribution in [1.82, 2.24) is 4.57 Å². The highest BCUT2D eigenvalue weighted by molar-refractivity contribution is 4.65. The Morgan fingerprint density at radius 1 is 1.20 bits per heavy atom. The van der Waals surface area contributed by atoms with Crippen LogP contribution in [0.5, 0.6) is 0 Å². The molecule has 0 unspecified atom stereocenters. The summed E-state index contributed by atoms with van der Waals surface area (Å²) in [6, 6.07) is 0. The van der Waals surface area contributed by atoms with E-state index in [0.29, 0.717) is 0 Å². The van der Waals surface area contributed by atoms with E-state index in [0.717, 1.165) is 5.92 Å². The topological polar surface area (TPSA) is 8.81 Å². The first-order chi connectivity index (χ1) is 6.68. The van der Waals surface area contributed by atoms with Crippen LogP contribution in [-0.2, 0) is 13.6 Å². The average molecular weight is 231 g/mol. The quantitative estimate of drug-likeness (QED) is 0.462. The van der Waals surface area contributed by atoms with Gasteiger partial charge in [0.1, 0.15) is 12.4 Å². The lowest BCUT2D eigenvalue weighted by Gasteiger charge is -2.02. The standard InChI is InChI=1S/C12H23N2.ClH/c1-12(2)7-5-4-6-8-14-10-9-13(3)11-14;/h9-12H,4-8H2,1-3H3;1H/q+1;/p-1. The molecule has 0 spiro atoms. The average Bonchev–Trinajstić information content (AvgIpc) is 2.50. The maximum atomic E-state index is 2.30. The van der Waals surface area contributed by atoms with Gasteiger partial charge in [-0.25, -0.2) is 9.13 Å². The fourth-order valence-electron chi connectivity index (χ4n) is 1.66. The van der Waals surface area contributed by atoms with Crippen LogP contribution >= 0.6 is 0 Å². The highest BCUT2D eigenvalue weighted by atomic mass is 35.5. The van der Waals surface area contributed by atoms with Crippen molar-refractivity contribution in [2.45, 2.75) is 46.1 Å². The molecule has 15 heavy (non-hydrogen) atoms. The molecule has 88 valence electrons. The number of hydrogen-bond acceptors (Lipinski definition) is 0. The van der Waals surface area contributed by atoms with E-state index in [-0.39, 0.29) is 12.4 Å². The summed E-state index contributed by atoms with van der Waals surface area (Å²) in [7, 11) is 2.06. The first-order valence-corrected chi connectivity index (χ1v) is 5.69. The normalized spacial score (nSPS) is 10.4. The number of unbranched alkanes of at least 4 members (excludes halogenated alkanes) is 2. The van der Waals surface area contributed by atoms with E-state index in [4.69, 9.17) is 0 Å². The smallest absolute Gasteiger partial charge is 0.243 e. The van der Waals surface area contributed by atoms with Gasteiger partial charge in [-0.2, -0.15) is 0 Å².